The summed E-state index contributed by atoms with van der Waals surface area (Å²) in [6.07, 6.45) is 0. The number of hydrogen-bond donors (Lipinski definition) is 1. The van der Waals surface area contributed by atoms with E-state index in [0.29, 0.717) is 15.9 Å². The number of pyridine rings is 1. The molecule has 1 aromatic carbocycles. The second-order valence-electron chi connectivity index (χ2n) is 3.57. The highest BCUT2D eigenvalue weighted by Gasteiger charge is 2.15. The summed E-state index contributed by atoms with van der Waals surface area (Å²) in [7, 11) is 1.25. The summed E-state index contributed by atoms with van der Waals surface area (Å²) in [4.78, 5) is 26.9. The Morgan fingerprint density at radius 1 is 1.33 bits per heavy atom. The van der Waals surface area contributed by atoms with Gasteiger partial charge in [-0.2, -0.15) is 0 Å². The van der Waals surface area contributed by atoms with Crippen LogP contribution in [-0.2, 0) is 4.74 Å². The quantitative estimate of drug-likeness (QED) is 0.838. The normalized spacial score (nSPS) is 10.3. The molecule has 1 amide bonds. The fraction of sp³-hybridized carbons (Fsp3) is 0.0833. The summed E-state index contributed by atoms with van der Waals surface area (Å²) in [6, 6.07) is 6.10. The molecule has 2 aromatic rings. The molecule has 1 heterocycles. The smallest absolute Gasteiger partial charge is 0.338 e. The molecular weight excluding hydrogens is 256 g/mol. The van der Waals surface area contributed by atoms with Crippen LogP contribution in [0, 0.1) is 0 Å². The molecular formula is C12H9ClN2O3. The average molecular weight is 265 g/mol. The Kier molecular flexibility index (Phi) is 3.16. The standard InChI is InChI=1S/C12H9ClN2O3/c1-18-12(17)8-5-10(11(14)16)15-9-3-2-6(13)4-7(8)9/h2-5H,1H3,(H2,14,16). The summed E-state index contributed by atoms with van der Waals surface area (Å²) in [5, 5.41) is 0.973. The third-order valence-corrected chi connectivity index (χ3v) is 2.66. The molecule has 0 spiro atoms. The number of fused-ring (bicyclic) bond motifs is 1. The first-order chi connectivity index (χ1) is 8.52. The fourth-order valence-corrected chi connectivity index (χ4v) is 1.78. The molecule has 0 radical (unpaired) electrons. The van der Waals surface area contributed by atoms with E-state index in [-0.39, 0.29) is 11.3 Å². The number of amides is 1. The Labute approximate surface area is 108 Å². The van der Waals surface area contributed by atoms with Crippen LogP contribution in [0.15, 0.2) is 24.3 Å². The monoisotopic (exact) mass is 264 g/mol. The Hall–Kier alpha value is -2.14. The molecule has 18 heavy (non-hydrogen) atoms. The van der Waals surface area contributed by atoms with Gasteiger partial charge in [0.2, 0.25) is 0 Å². The largest absolute Gasteiger partial charge is 0.465 e. The molecule has 0 saturated carbocycles. The van der Waals surface area contributed by atoms with E-state index >= 15 is 0 Å². The van der Waals surface area contributed by atoms with Crippen molar-refractivity contribution in [3.8, 4) is 0 Å². The predicted molar refractivity (Wildman–Crippen MR) is 66.6 cm³/mol. The zero-order valence-corrected chi connectivity index (χ0v) is 10.2. The second kappa shape index (κ2) is 4.62. The van der Waals surface area contributed by atoms with E-state index in [2.05, 4.69) is 9.72 Å². The van der Waals surface area contributed by atoms with Crippen molar-refractivity contribution in [2.45, 2.75) is 0 Å². The Bertz CT molecular complexity index is 655. The number of rotatable bonds is 2. The van der Waals surface area contributed by atoms with E-state index < -0.39 is 11.9 Å². The summed E-state index contributed by atoms with van der Waals surface area (Å²) in [5.41, 5.74) is 5.83. The molecule has 92 valence electrons. The third-order valence-electron chi connectivity index (χ3n) is 2.43. The number of carbonyl (C=O) groups excluding carboxylic acids is 2. The lowest BCUT2D eigenvalue weighted by Crippen LogP contribution is -2.15. The van der Waals surface area contributed by atoms with Gasteiger partial charge >= 0.3 is 5.97 Å². The molecule has 1 aromatic heterocycles. The SMILES string of the molecule is COC(=O)c1cc(C(N)=O)nc2ccc(Cl)cc12. The van der Waals surface area contributed by atoms with Crippen LogP contribution >= 0.6 is 11.6 Å². The molecule has 0 bridgehead atoms. The van der Waals surface area contributed by atoms with Gasteiger partial charge in [0.1, 0.15) is 5.69 Å². The summed E-state index contributed by atoms with van der Waals surface area (Å²) in [6.45, 7) is 0. The topological polar surface area (TPSA) is 82.3 Å². The van der Waals surface area contributed by atoms with Crippen LogP contribution in [0.5, 0.6) is 0 Å². The first kappa shape index (κ1) is 12.3. The van der Waals surface area contributed by atoms with Crippen LogP contribution in [0.4, 0.5) is 0 Å². The van der Waals surface area contributed by atoms with Crippen molar-refractivity contribution in [2.75, 3.05) is 7.11 Å². The Balaban J connectivity index is 2.81. The van der Waals surface area contributed by atoms with Gasteiger partial charge in [-0.1, -0.05) is 11.6 Å². The number of aromatic nitrogens is 1. The van der Waals surface area contributed by atoms with Crippen LogP contribution in [0.25, 0.3) is 10.9 Å². The third kappa shape index (κ3) is 2.12. The molecule has 0 atom stereocenters. The van der Waals surface area contributed by atoms with Crippen molar-refractivity contribution in [3.63, 3.8) is 0 Å². The van der Waals surface area contributed by atoms with Crippen LogP contribution in [0.3, 0.4) is 0 Å². The minimum absolute atomic E-state index is 0.00484. The van der Waals surface area contributed by atoms with Gasteiger partial charge in [0.25, 0.3) is 5.91 Å². The van der Waals surface area contributed by atoms with Crippen LogP contribution < -0.4 is 5.73 Å². The number of carbonyl (C=O) groups is 2. The number of nitrogens with zero attached hydrogens (tertiary/aromatic N) is 1. The number of hydrogen-bond acceptors (Lipinski definition) is 4. The molecule has 0 aliphatic carbocycles. The maximum Gasteiger partial charge on any atom is 0.338 e. The average Bonchev–Trinajstić information content (AvgIpc) is 2.36. The van der Waals surface area contributed by atoms with Gasteiger partial charge in [-0.15, -0.1) is 0 Å². The van der Waals surface area contributed by atoms with Crippen molar-refractivity contribution in [2.24, 2.45) is 5.73 Å². The number of nitrogens with two attached hydrogens (primary N) is 1. The molecule has 6 heteroatoms. The van der Waals surface area contributed by atoms with Crippen molar-refractivity contribution >= 4 is 34.4 Å². The number of ether oxygens (including phenoxy) is 1. The molecule has 2 rings (SSSR count). The maximum atomic E-state index is 11.7. The molecule has 0 aliphatic heterocycles. The van der Waals surface area contributed by atoms with Gasteiger partial charge in [0.05, 0.1) is 18.2 Å². The van der Waals surface area contributed by atoms with Gasteiger partial charge in [-0.05, 0) is 24.3 Å². The number of primary amides is 1. The lowest BCUT2D eigenvalue weighted by atomic mass is 10.1. The van der Waals surface area contributed by atoms with Gasteiger partial charge < -0.3 is 10.5 Å². The van der Waals surface area contributed by atoms with Gasteiger partial charge in [-0.3, -0.25) is 4.79 Å². The zero-order valence-electron chi connectivity index (χ0n) is 9.44. The number of benzene rings is 1. The van der Waals surface area contributed by atoms with E-state index in [4.69, 9.17) is 17.3 Å². The van der Waals surface area contributed by atoms with Gasteiger partial charge in [0, 0.05) is 10.4 Å². The van der Waals surface area contributed by atoms with E-state index in [0.717, 1.165) is 0 Å². The van der Waals surface area contributed by atoms with E-state index in [1.54, 1.807) is 18.2 Å². The Morgan fingerprint density at radius 2 is 2.06 bits per heavy atom. The first-order valence-corrected chi connectivity index (χ1v) is 5.39. The number of halogens is 1. The van der Waals surface area contributed by atoms with Crippen molar-refractivity contribution in [3.05, 3.63) is 40.5 Å². The minimum atomic E-state index is -0.711. The number of methoxy groups -OCH3 is 1. The van der Waals surface area contributed by atoms with Crippen molar-refractivity contribution in [1.29, 1.82) is 0 Å². The van der Waals surface area contributed by atoms with E-state index in [1.807, 2.05) is 0 Å². The summed E-state index contributed by atoms with van der Waals surface area (Å²) >= 11 is 5.87. The molecule has 5 nitrogen and oxygen atoms in total. The van der Waals surface area contributed by atoms with Crippen molar-refractivity contribution < 1.29 is 14.3 Å². The van der Waals surface area contributed by atoms with Gasteiger partial charge in [-0.25, -0.2) is 9.78 Å². The molecule has 0 unspecified atom stereocenters. The molecule has 2 N–H and O–H groups in total. The lowest BCUT2D eigenvalue weighted by molar-refractivity contribution is 0.0603. The van der Waals surface area contributed by atoms with Crippen molar-refractivity contribution in [1.82, 2.24) is 4.98 Å². The highest BCUT2D eigenvalue weighted by molar-refractivity contribution is 6.31. The van der Waals surface area contributed by atoms with E-state index in [9.17, 15) is 9.59 Å². The molecule has 0 fully saturated rings. The summed E-state index contributed by atoms with van der Waals surface area (Å²) in [5.74, 6) is -1.29. The minimum Gasteiger partial charge on any atom is -0.465 e. The summed E-state index contributed by atoms with van der Waals surface area (Å²) < 4.78 is 4.66. The number of esters is 1. The zero-order chi connectivity index (χ0) is 13.3. The predicted octanol–water partition coefficient (Wildman–Crippen LogP) is 1.77. The molecule has 0 saturated heterocycles. The van der Waals surface area contributed by atoms with Crippen LogP contribution in [0.2, 0.25) is 5.02 Å². The Morgan fingerprint density at radius 3 is 2.67 bits per heavy atom. The highest BCUT2D eigenvalue weighted by Crippen LogP contribution is 2.23. The van der Waals surface area contributed by atoms with Gasteiger partial charge in [0.15, 0.2) is 0 Å². The van der Waals surface area contributed by atoms with E-state index in [1.165, 1.54) is 13.2 Å². The highest BCUT2D eigenvalue weighted by atomic mass is 35.5. The first-order valence-electron chi connectivity index (χ1n) is 5.01. The van der Waals surface area contributed by atoms with Crippen LogP contribution in [0.1, 0.15) is 20.8 Å². The second-order valence-corrected chi connectivity index (χ2v) is 4.01. The van der Waals surface area contributed by atoms with Crippen LogP contribution in [-0.4, -0.2) is 24.0 Å². The fourth-order valence-electron chi connectivity index (χ4n) is 1.60. The maximum absolute atomic E-state index is 11.7. The molecule has 0 aliphatic rings. The lowest BCUT2D eigenvalue weighted by Gasteiger charge is -2.06.